The molecule has 3 rings (SSSR count). The number of halogens is 2. The average Bonchev–Trinajstić information content (AvgIpc) is 2.58. The minimum absolute atomic E-state index is 0.306. The van der Waals surface area contributed by atoms with Gasteiger partial charge in [-0.3, -0.25) is 4.79 Å². The zero-order valence-corrected chi connectivity index (χ0v) is 13.2. The van der Waals surface area contributed by atoms with E-state index in [1.807, 2.05) is 0 Å². The topological polar surface area (TPSA) is 54.0 Å². The fraction of sp³-hybridized carbons (Fsp3) is 0. The number of carbonyl (C=O) groups excluding carboxylic acids is 1. The predicted molar refractivity (Wildman–Crippen MR) is 93.3 cm³/mol. The van der Waals surface area contributed by atoms with Gasteiger partial charge in [-0.25, -0.2) is 9.37 Å². The number of amides is 1. The molecule has 120 valence electrons. The first-order valence-electron chi connectivity index (χ1n) is 7.16. The highest BCUT2D eigenvalue weighted by atomic mass is 35.5. The Morgan fingerprint density at radius 1 is 1.04 bits per heavy atom. The summed E-state index contributed by atoms with van der Waals surface area (Å²) in [6, 6.07) is 16.3. The lowest BCUT2D eigenvalue weighted by Crippen LogP contribution is -2.12. The molecule has 1 heterocycles. The van der Waals surface area contributed by atoms with Crippen molar-refractivity contribution in [3.05, 3.63) is 83.3 Å². The monoisotopic (exact) mass is 341 g/mol. The Hall–Kier alpha value is -2.92. The molecular weight excluding hydrogens is 329 g/mol. The van der Waals surface area contributed by atoms with E-state index in [4.69, 9.17) is 11.6 Å². The largest absolute Gasteiger partial charge is 0.352 e. The molecule has 0 atom stereocenters. The number of benzene rings is 2. The first-order valence-corrected chi connectivity index (χ1v) is 7.54. The van der Waals surface area contributed by atoms with Crippen LogP contribution >= 0.6 is 11.6 Å². The summed E-state index contributed by atoms with van der Waals surface area (Å²) in [5.41, 5.74) is 1.41. The summed E-state index contributed by atoms with van der Waals surface area (Å²) in [5, 5.41) is 6.09. The molecule has 0 aliphatic rings. The minimum Gasteiger partial charge on any atom is -0.352 e. The maximum atomic E-state index is 13.6. The molecule has 0 bridgehead atoms. The summed E-state index contributed by atoms with van der Waals surface area (Å²) in [6.07, 6.45) is 1.51. The number of nitrogens with zero attached hydrogens (tertiary/aromatic N) is 1. The standard InChI is InChI=1S/C18H13ClFN3O/c19-13-5-3-4-12(10-13)18(24)23-17-9-8-14(11-21-17)22-16-7-2-1-6-15(16)20/h1-11,22H,(H,21,23,24). The maximum absolute atomic E-state index is 13.6. The quantitative estimate of drug-likeness (QED) is 0.711. The Balaban J connectivity index is 1.68. The van der Waals surface area contributed by atoms with Gasteiger partial charge in [0, 0.05) is 10.6 Å². The van der Waals surface area contributed by atoms with Gasteiger partial charge in [0.15, 0.2) is 0 Å². The number of para-hydroxylation sites is 1. The van der Waals surface area contributed by atoms with E-state index < -0.39 is 0 Å². The van der Waals surface area contributed by atoms with Crippen molar-refractivity contribution in [1.29, 1.82) is 0 Å². The van der Waals surface area contributed by atoms with Crippen LogP contribution in [0.25, 0.3) is 0 Å². The van der Waals surface area contributed by atoms with Crippen molar-refractivity contribution in [2.24, 2.45) is 0 Å². The number of aromatic nitrogens is 1. The Bertz CT molecular complexity index is 868. The van der Waals surface area contributed by atoms with Crippen LogP contribution in [0, 0.1) is 5.82 Å². The molecule has 1 amide bonds. The highest BCUT2D eigenvalue weighted by Gasteiger charge is 2.07. The Kier molecular flexibility index (Phi) is 4.72. The first kappa shape index (κ1) is 16.0. The molecule has 2 aromatic carbocycles. The predicted octanol–water partition coefficient (Wildman–Crippen LogP) is 4.87. The summed E-state index contributed by atoms with van der Waals surface area (Å²) in [7, 11) is 0. The van der Waals surface area contributed by atoms with Crippen LogP contribution in [0.5, 0.6) is 0 Å². The van der Waals surface area contributed by atoms with Gasteiger partial charge in [-0.1, -0.05) is 29.8 Å². The van der Waals surface area contributed by atoms with Crippen LogP contribution in [0.4, 0.5) is 21.6 Å². The molecule has 4 nitrogen and oxygen atoms in total. The molecule has 0 fully saturated rings. The van der Waals surface area contributed by atoms with Crippen LogP contribution in [0.1, 0.15) is 10.4 Å². The summed E-state index contributed by atoms with van der Waals surface area (Å²) < 4.78 is 13.6. The maximum Gasteiger partial charge on any atom is 0.256 e. The summed E-state index contributed by atoms with van der Waals surface area (Å²) >= 11 is 5.87. The zero-order valence-electron chi connectivity index (χ0n) is 12.5. The van der Waals surface area contributed by atoms with Gasteiger partial charge in [-0.15, -0.1) is 0 Å². The van der Waals surface area contributed by atoms with Crippen LogP contribution in [0.3, 0.4) is 0 Å². The van der Waals surface area contributed by atoms with E-state index in [1.165, 1.54) is 12.3 Å². The summed E-state index contributed by atoms with van der Waals surface area (Å²) in [5.74, 6) is -0.269. The number of hydrogen-bond acceptors (Lipinski definition) is 3. The molecule has 24 heavy (non-hydrogen) atoms. The lowest BCUT2D eigenvalue weighted by atomic mass is 10.2. The number of anilines is 3. The third-order valence-electron chi connectivity index (χ3n) is 3.24. The molecule has 0 aliphatic carbocycles. The van der Waals surface area contributed by atoms with Crippen molar-refractivity contribution < 1.29 is 9.18 Å². The van der Waals surface area contributed by atoms with Gasteiger partial charge in [-0.2, -0.15) is 0 Å². The Morgan fingerprint density at radius 3 is 2.58 bits per heavy atom. The van der Waals surface area contributed by atoms with E-state index in [9.17, 15) is 9.18 Å². The van der Waals surface area contributed by atoms with Crippen molar-refractivity contribution in [3.8, 4) is 0 Å². The van der Waals surface area contributed by atoms with Gasteiger partial charge in [0.05, 0.1) is 17.6 Å². The number of carbonyl (C=O) groups is 1. The smallest absolute Gasteiger partial charge is 0.256 e. The molecule has 0 spiro atoms. The normalized spacial score (nSPS) is 10.2. The van der Waals surface area contributed by atoms with Crippen LogP contribution in [0.15, 0.2) is 66.9 Å². The van der Waals surface area contributed by atoms with E-state index in [0.29, 0.717) is 27.8 Å². The molecule has 2 N–H and O–H groups in total. The summed E-state index contributed by atoms with van der Waals surface area (Å²) in [4.78, 5) is 16.3. The number of pyridine rings is 1. The van der Waals surface area contributed by atoms with Gasteiger partial charge in [-0.05, 0) is 42.5 Å². The molecule has 1 aromatic heterocycles. The molecule has 6 heteroatoms. The minimum atomic E-state index is -0.351. The van der Waals surface area contributed by atoms with E-state index >= 15 is 0 Å². The lowest BCUT2D eigenvalue weighted by molar-refractivity contribution is 0.102. The van der Waals surface area contributed by atoms with Crippen molar-refractivity contribution >= 4 is 34.7 Å². The average molecular weight is 342 g/mol. The molecule has 0 aliphatic heterocycles. The van der Waals surface area contributed by atoms with Gasteiger partial charge in [0.1, 0.15) is 11.6 Å². The Labute approximate surface area is 143 Å². The molecule has 0 saturated carbocycles. The Morgan fingerprint density at radius 2 is 1.88 bits per heavy atom. The second kappa shape index (κ2) is 7.10. The second-order valence-electron chi connectivity index (χ2n) is 5.00. The van der Waals surface area contributed by atoms with Crippen LogP contribution < -0.4 is 10.6 Å². The number of nitrogens with one attached hydrogen (secondary N) is 2. The van der Waals surface area contributed by atoms with Crippen LogP contribution in [0.2, 0.25) is 5.02 Å². The molecule has 0 unspecified atom stereocenters. The lowest BCUT2D eigenvalue weighted by Gasteiger charge is -2.08. The van der Waals surface area contributed by atoms with Crippen LogP contribution in [-0.4, -0.2) is 10.9 Å². The van der Waals surface area contributed by atoms with Crippen molar-refractivity contribution in [3.63, 3.8) is 0 Å². The zero-order chi connectivity index (χ0) is 16.9. The van der Waals surface area contributed by atoms with E-state index in [2.05, 4.69) is 15.6 Å². The van der Waals surface area contributed by atoms with Gasteiger partial charge < -0.3 is 10.6 Å². The van der Waals surface area contributed by atoms with E-state index in [0.717, 1.165) is 0 Å². The third kappa shape index (κ3) is 3.88. The third-order valence-corrected chi connectivity index (χ3v) is 3.48. The van der Waals surface area contributed by atoms with Crippen molar-refractivity contribution in [2.75, 3.05) is 10.6 Å². The first-order chi connectivity index (χ1) is 11.6. The summed E-state index contributed by atoms with van der Waals surface area (Å²) in [6.45, 7) is 0. The highest BCUT2D eigenvalue weighted by Crippen LogP contribution is 2.20. The van der Waals surface area contributed by atoms with E-state index in [1.54, 1.807) is 54.6 Å². The van der Waals surface area contributed by atoms with E-state index in [-0.39, 0.29) is 11.7 Å². The molecular formula is C18H13ClFN3O. The fourth-order valence-corrected chi connectivity index (χ4v) is 2.27. The fourth-order valence-electron chi connectivity index (χ4n) is 2.08. The molecule has 3 aromatic rings. The van der Waals surface area contributed by atoms with Crippen molar-refractivity contribution in [1.82, 2.24) is 4.98 Å². The number of hydrogen-bond donors (Lipinski definition) is 2. The van der Waals surface area contributed by atoms with Gasteiger partial charge >= 0.3 is 0 Å². The second-order valence-corrected chi connectivity index (χ2v) is 5.44. The van der Waals surface area contributed by atoms with Gasteiger partial charge in [0.2, 0.25) is 0 Å². The SMILES string of the molecule is O=C(Nc1ccc(Nc2ccccc2F)cn1)c1cccc(Cl)c1. The van der Waals surface area contributed by atoms with Crippen molar-refractivity contribution in [2.45, 2.75) is 0 Å². The highest BCUT2D eigenvalue weighted by molar-refractivity contribution is 6.31. The molecule has 0 saturated heterocycles. The van der Waals surface area contributed by atoms with Gasteiger partial charge in [0.25, 0.3) is 5.91 Å². The van der Waals surface area contributed by atoms with Crippen LogP contribution in [-0.2, 0) is 0 Å². The molecule has 0 radical (unpaired) electrons. The number of rotatable bonds is 4.